The molecule has 21 heavy (non-hydrogen) atoms. The number of aryl methyl sites for hydroxylation is 1. The number of nitrogens with one attached hydrogen (secondary N) is 3. The number of halogens is 1. The van der Waals surface area contributed by atoms with Crippen molar-refractivity contribution in [1.29, 1.82) is 0 Å². The number of quaternary nitrogens is 1. The molecule has 0 aliphatic rings. The molecule has 0 atom stereocenters. The molecule has 0 unspecified atom stereocenters. The van der Waals surface area contributed by atoms with Gasteiger partial charge in [-0.05, 0) is 26.2 Å². The van der Waals surface area contributed by atoms with Crippen molar-refractivity contribution in [1.82, 2.24) is 15.4 Å². The van der Waals surface area contributed by atoms with Gasteiger partial charge in [0.05, 0.1) is 18.3 Å². The first kappa shape index (κ1) is 19.1. The van der Waals surface area contributed by atoms with Gasteiger partial charge in [0.1, 0.15) is 0 Å². The van der Waals surface area contributed by atoms with Crippen molar-refractivity contribution in [2.45, 2.75) is 32.6 Å². The summed E-state index contributed by atoms with van der Waals surface area (Å²) in [7, 11) is 0. The van der Waals surface area contributed by atoms with E-state index >= 15 is 0 Å². The molecule has 0 saturated carbocycles. The molecule has 1 heterocycles. The van der Waals surface area contributed by atoms with Crippen LogP contribution in [0, 0.1) is 6.92 Å². The van der Waals surface area contributed by atoms with E-state index in [9.17, 15) is 14.4 Å². The van der Waals surface area contributed by atoms with Gasteiger partial charge < -0.3 is 23.1 Å². The molecule has 0 saturated heterocycles. The number of unbranched alkanes of at least 4 members (excludes halogenated alkanes) is 2. The summed E-state index contributed by atoms with van der Waals surface area (Å²) in [5.41, 5.74) is 5.57. The molecule has 1 rings (SSSR count). The molecule has 0 radical (unpaired) electrons. The third-order valence-electron chi connectivity index (χ3n) is 2.71. The Labute approximate surface area is 127 Å². The Morgan fingerprint density at radius 2 is 2.00 bits per heavy atom. The van der Waals surface area contributed by atoms with Crippen LogP contribution in [0.15, 0.2) is 14.7 Å². The Balaban J connectivity index is 0.00000400. The van der Waals surface area contributed by atoms with Crippen LogP contribution in [-0.4, -0.2) is 28.6 Å². The molecule has 118 valence electrons. The van der Waals surface area contributed by atoms with Gasteiger partial charge in [0, 0.05) is 12.1 Å². The van der Waals surface area contributed by atoms with Crippen LogP contribution in [-0.2, 0) is 4.79 Å². The van der Waals surface area contributed by atoms with E-state index in [4.69, 9.17) is 0 Å². The molecule has 1 amide bonds. The van der Waals surface area contributed by atoms with Crippen molar-refractivity contribution in [3.63, 3.8) is 0 Å². The Kier molecular flexibility index (Phi) is 8.98. The van der Waals surface area contributed by atoms with E-state index in [1.165, 1.54) is 6.21 Å². The minimum atomic E-state index is -0.570. The van der Waals surface area contributed by atoms with Gasteiger partial charge in [-0.1, -0.05) is 0 Å². The Morgan fingerprint density at radius 1 is 1.29 bits per heavy atom. The summed E-state index contributed by atoms with van der Waals surface area (Å²) in [5, 5.41) is 3.71. The van der Waals surface area contributed by atoms with Crippen LogP contribution < -0.4 is 34.8 Å². The van der Waals surface area contributed by atoms with Crippen LogP contribution in [0.25, 0.3) is 0 Å². The lowest BCUT2D eigenvalue weighted by Gasteiger charge is -2.00. The number of H-pyrrole nitrogens is 2. The molecule has 0 spiro atoms. The fraction of sp³-hybridized carbons (Fsp3) is 0.500. The van der Waals surface area contributed by atoms with Crippen LogP contribution in [0.3, 0.4) is 0 Å². The molecule has 0 aliphatic heterocycles. The molecule has 1 aromatic rings. The molecule has 0 aromatic carbocycles. The van der Waals surface area contributed by atoms with Crippen molar-refractivity contribution in [2.75, 3.05) is 6.54 Å². The largest absolute Gasteiger partial charge is 1.00 e. The molecule has 0 aliphatic carbocycles. The summed E-state index contributed by atoms with van der Waals surface area (Å²) >= 11 is 0. The fourth-order valence-corrected chi connectivity index (χ4v) is 1.63. The first-order valence-corrected chi connectivity index (χ1v) is 6.49. The quantitative estimate of drug-likeness (QED) is 0.230. The van der Waals surface area contributed by atoms with Gasteiger partial charge >= 0.3 is 5.69 Å². The van der Waals surface area contributed by atoms with Crippen molar-refractivity contribution < 1.29 is 22.9 Å². The van der Waals surface area contributed by atoms with E-state index in [0.29, 0.717) is 12.1 Å². The zero-order valence-electron chi connectivity index (χ0n) is 11.9. The number of hydrogen-bond donors (Lipinski definition) is 4. The Hall–Kier alpha value is -1.93. The number of aromatic amines is 2. The molecule has 9 heteroatoms. The van der Waals surface area contributed by atoms with Gasteiger partial charge in [-0.15, -0.1) is 0 Å². The topological polar surface area (TPSA) is 135 Å². The maximum Gasteiger partial charge on any atom is 0.325 e. The second kappa shape index (κ2) is 9.89. The summed E-state index contributed by atoms with van der Waals surface area (Å²) in [6, 6.07) is 0. The predicted molar refractivity (Wildman–Crippen MR) is 74.4 cm³/mol. The number of hydrogen-bond acceptors (Lipinski definition) is 4. The molecule has 1 aromatic heterocycles. The van der Waals surface area contributed by atoms with Gasteiger partial charge in [-0.25, -0.2) is 10.2 Å². The van der Waals surface area contributed by atoms with Crippen molar-refractivity contribution in [3.05, 3.63) is 32.1 Å². The average molecular weight is 318 g/mol. The summed E-state index contributed by atoms with van der Waals surface area (Å²) in [6.45, 7) is 2.45. The first-order valence-electron chi connectivity index (χ1n) is 6.49. The van der Waals surface area contributed by atoms with Crippen LogP contribution >= 0.6 is 0 Å². The number of rotatable bonds is 7. The number of nitrogens with zero attached hydrogens (tertiary/aromatic N) is 1. The van der Waals surface area contributed by atoms with Gasteiger partial charge in [-0.3, -0.25) is 14.6 Å². The SMILES string of the molecule is Cc1[nH]c(=O)[nH]c(=O)c1C=NNC(=O)CCCCC[NH3+].[Cl-]. The monoisotopic (exact) mass is 317 g/mol. The fourth-order valence-electron chi connectivity index (χ4n) is 1.63. The van der Waals surface area contributed by atoms with Crippen LogP contribution in [0.1, 0.15) is 36.9 Å². The highest BCUT2D eigenvalue weighted by Gasteiger charge is 2.03. The molecule has 0 fully saturated rings. The minimum absolute atomic E-state index is 0. The summed E-state index contributed by atoms with van der Waals surface area (Å²) in [5.74, 6) is -0.205. The predicted octanol–water partition coefficient (Wildman–Crippen LogP) is -4.37. The van der Waals surface area contributed by atoms with E-state index in [-0.39, 0.29) is 23.9 Å². The molecule has 6 N–H and O–H groups in total. The average Bonchev–Trinajstić information content (AvgIpc) is 2.37. The second-order valence-corrected chi connectivity index (χ2v) is 4.40. The summed E-state index contributed by atoms with van der Waals surface area (Å²) in [4.78, 5) is 38.5. The molecular weight excluding hydrogens is 298 g/mol. The lowest BCUT2D eigenvalue weighted by Crippen LogP contribution is -3.00. The zero-order valence-corrected chi connectivity index (χ0v) is 12.6. The number of hydrazone groups is 1. The highest BCUT2D eigenvalue weighted by atomic mass is 35.5. The third kappa shape index (κ3) is 6.87. The normalized spacial score (nSPS) is 10.4. The number of carbonyl (C=O) groups is 1. The number of amides is 1. The summed E-state index contributed by atoms with van der Waals surface area (Å²) < 4.78 is 0. The van der Waals surface area contributed by atoms with E-state index in [1.54, 1.807) is 6.92 Å². The lowest BCUT2D eigenvalue weighted by atomic mass is 10.2. The highest BCUT2D eigenvalue weighted by molar-refractivity contribution is 5.82. The summed E-state index contributed by atoms with van der Waals surface area (Å²) in [6.07, 6.45) is 4.35. The van der Waals surface area contributed by atoms with Crippen LogP contribution in [0.5, 0.6) is 0 Å². The maximum absolute atomic E-state index is 11.5. The van der Waals surface area contributed by atoms with Gasteiger partial charge in [0.2, 0.25) is 5.91 Å². The van der Waals surface area contributed by atoms with Crippen LogP contribution in [0.2, 0.25) is 0 Å². The molecular formula is C12H20ClN5O3. The Morgan fingerprint density at radius 3 is 2.62 bits per heavy atom. The van der Waals surface area contributed by atoms with Crippen molar-refractivity contribution in [2.24, 2.45) is 5.10 Å². The highest BCUT2D eigenvalue weighted by Crippen LogP contribution is 1.97. The smallest absolute Gasteiger partial charge is 0.325 e. The maximum atomic E-state index is 11.5. The molecule has 8 nitrogen and oxygen atoms in total. The van der Waals surface area contributed by atoms with Gasteiger partial charge in [0.25, 0.3) is 5.56 Å². The van der Waals surface area contributed by atoms with Crippen molar-refractivity contribution in [3.8, 4) is 0 Å². The van der Waals surface area contributed by atoms with Gasteiger partial charge in [-0.2, -0.15) is 5.10 Å². The third-order valence-corrected chi connectivity index (χ3v) is 2.71. The lowest BCUT2D eigenvalue weighted by molar-refractivity contribution is -0.368. The second-order valence-electron chi connectivity index (χ2n) is 4.40. The van der Waals surface area contributed by atoms with E-state index in [2.05, 4.69) is 26.2 Å². The molecule has 0 bridgehead atoms. The van der Waals surface area contributed by atoms with E-state index < -0.39 is 11.2 Å². The van der Waals surface area contributed by atoms with Crippen LogP contribution in [0.4, 0.5) is 0 Å². The standard InChI is InChI=1S/C12H19N5O3.ClH/c1-8-9(11(19)16-12(20)15-8)7-14-17-10(18)5-3-2-4-6-13;/h7H,2-6,13H2,1H3,(H,17,18)(H2,15,16,19,20);1H. The van der Waals surface area contributed by atoms with Crippen molar-refractivity contribution >= 4 is 12.1 Å². The first-order chi connectivity index (χ1) is 9.54. The van der Waals surface area contributed by atoms with Gasteiger partial charge in [0.15, 0.2) is 0 Å². The number of carbonyl (C=O) groups excluding carboxylic acids is 1. The Bertz CT molecular complexity index is 593. The van der Waals surface area contributed by atoms with E-state index in [0.717, 1.165) is 25.8 Å². The van der Waals surface area contributed by atoms with E-state index in [1.807, 2.05) is 0 Å². The number of aromatic nitrogens is 2. The zero-order chi connectivity index (χ0) is 15.0. The minimum Gasteiger partial charge on any atom is -1.00 e.